The Morgan fingerprint density at radius 2 is 2.06 bits per heavy atom. The smallest absolute Gasteiger partial charge is 0.318 e. The van der Waals surface area contributed by atoms with Crippen LogP contribution >= 0.6 is 11.3 Å². The Labute approximate surface area is 199 Å². The maximum Gasteiger partial charge on any atom is 0.318 e. The summed E-state index contributed by atoms with van der Waals surface area (Å²) >= 11 is 1.68. The molecule has 0 unspecified atom stereocenters. The minimum Gasteiger partial charge on any atom is -0.491 e. The number of halogens is 1. The van der Waals surface area contributed by atoms with Gasteiger partial charge in [-0.15, -0.1) is 11.3 Å². The molecule has 3 amide bonds. The third-order valence-corrected chi connectivity index (χ3v) is 6.62. The van der Waals surface area contributed by atoms with Crippen molar-refractivity contribution in [3.8, 4) is 5.75 Å². The Morgan fingerprint density at radius 3 is 2.76 bits per heavy atom. The molecule has 0 saturated heterocycles. The first-order valence-electron chi connectivity index (χ1n) is 11.5. The van der Waals surface area contributed by atoms with Crippen LogP contribution in [0.25, 0.3) is 0 Å². The zero-order valence-electron chi connectivity index (χ0n) is 19.8. The summed E-state index contributed by atoms with van der Waals surface area (Å²) in [6.07, 6.45) is 1.60. The van der Waals surface area contributed by atoms with Crippen molar-refractivity contribution in [2.24, 2.45) is 5.92 Å². The molecule has 8 heteroatoms. The highest BCUT2D eigenvalue weighted by Crippen LogP contribution is 2.34. The van der Waals surface area contributed by atoms with E-state index < -0.39 is 0 Å². The van der Waals surface area contributed by atoms with Gasteiger partial charge < -0.3 is 19.9 Å². The summed E-state index contributed by atoms with van der Waals surface area (Å²) < 4.78 is 19.5. The highest BCUT2D eigenvalue weighted by atomic mass is 32.1. The number of rotatable bonds is 9. The summed E-state index contributed by atoms with van der Waals surface area (Å²) in [7, 11) is 0. The molecule has 180 valence electrons. The molecule has 1 atom stereocenters. The lowest BCUT2D eigenvalue weighted by Gasteiger charge is -2.37. The van der Waals surface area contributed by atoms with Gasteiger partial charge in [-0.2, -0.15) is 0 Å². The number of amides is 3. The van der Waals surface area contributed by atoms with Gasteiger partial charge in [-0.1, -0.05) is 19.9 Å². The molecule has 33 heavy (non-hydrogen) atoms. The fraction of sp³-hybridized carbons (Fsp3) is 0.520. The number of benzene rings is 1. The van der Waals surface area contributed by atoms with Gasteiger partial charge >= 0.3 is 6.03 Å². The molecule has 0 bridgehead atoms. The molecule has 6 nitrogen and oxygen atoms in total. The molecule has 0 saturated carbocycles. The SMILES string of the molecule is CC(C)CCN(CC(=O)N1CCc2sccc2[C@@H]1COc1cccc(F)c1)C(=O)NC(C)C. The lowest BCUT2D eigenvalue weighted by Crippen LogP contribution is -2.51. The summed E-state index contributed by atoms with van der Waals surface area (Å²) in [6, 6.07) is 7.53. The van der Waals surface area contributed by atoms with Gasteiger partial charge in [0.15, 0.2) is 0 Å². The van der Waals surface area contributed by atoms with E-state index in [0.29, 0.717) is 24.8 Å². The lowest BCUT2D eigenvalue weighted by atomic mass is 10.0. The minimum absolute atomic E-state index is 0.00933. The van der Waals surface area contributed by atoms with Gasteiger partial charge in [0.25, 0.3) is 0 Å². The van der Waals surface area contributed by atoms with Crippen molar-refractivity contribution in [1.29, 1.82) is 0 Å². The number of hydrogen-bond donors (Lipinski definition) is 1. The average Bonchev–Trinajstić information content (AvgIpc) is 3.23. The molecule has 1 aliphatic rings. The molecule has 0 radical (unpaired) electrons. The quantitative estimate of drug-likeness (QED) is 0.564. The largest absolute Gasteiger partial charge is 0.491 e. The fourth-order valence-corrected chi connectivity index (χ4v) is 4.79. The molecule has 1 aromatic carbocycles. The fourth-order valence-electron chi connectivity index (χ4n) is 3.87. The summed E-state index contributed by atoms with van der Waals surface area (Å²) in [5.74, 6) is 0.379. The van der Waals surface area contributed by atoms with E-state index in [9.17, 15) is 14.0 Å². The highest BCUT2D eigenvalue weighted by Gasteiger charge is 2.33. The van der Waals surface area contributed by atoms with Crippen LogP contribution in [0.2, 0.25) is 0 Å². The second kappa shape index (κ2) is 11.5. The number of thiophene rings is 1. The van der Waals surface area contributed by atoms with E-state index in [0.717, 1.165) is 18.4 Å². The number of nitrogens with zero attached hydrogens (tertiary/aromatic N) is 2. The third-order valence-electron chi connectivity index (χ3n) is 5.62. The average molecular weight is 476 g/mol. The number of urea groups is 1. The van der Waals surface area contributed by atoms with E-state index in [1.807, 2.05) is 25.3 Å². The second-order valence-electron chi connectivity index (χ2n) is 9.13. The van der Waals surface area contributed by atoms with E-state index in [1.54, 1.807) is 33.3 Å². The maximum absolute atomic E-state index is 13.6. The van der Waals surface area contributed by atoms with Crippen molar-refractivity contribution in [2.45, 2.75) is 52.6 Å². The third kappa shape index (κ3) is 6.93. The Kier molecular flexibility index (Phi) is 8.72. The maximum atomic E-state index is 13.6. The van der Waals surface area contributed by atoms with Gasteiger partial charge in [-0.25, -0.2) is 9.18 Å². The van der Waals surface area contributed by atoms with Crippen LogP contribution in [0.1, 0.15) is 50.6 Å². The molecule has 1 aliphatic heterocycles. The van der Waals surface area contributed by atoms with Crippen molar-refractivity contribution in [1.82, 2.24) is 15.1 Å². The first-order chi connectivity index (χ1) is 15.7. The first kappa shape index (κ1) is 25.0. The van der Waals surface area contributed by atoms with Crippen LogP contribution in [0.15, 0.2) is 35.7 Å². The van der Waals surface area contributed by atoms with Gasteiger partial charge in [0.1, 0.15) is 24.7 Å². The van der Waals surface area contributed by atoms with Crippen LogP contribution in [0, 0.1) is 11.7 Å². The van der Waals surface area contributed by atoms with E-state index >= 15 is 0 Å². The van der Waals surface area contributed by atoms with Gasteiger partial charge in [-0.05, 0) is 61.7 Å². The molecule has 0 fully saturated rings. The summed E-state index contributed by atoms with van der Waals surface area (Å²) in [5, 5.41) is 4.93. The van der Waals surface area contributed by atoms with Crippen LogP contribution < -0.4 is 10.1 Å². The van der Waals surface area contributed by atoms with Crippen LogP contribution in [0.5, 0.6) is 5.75 Å². The minimum atomic E-state index is -0.364. The summed E-state index contributed by atoms with van der Waals surface area (Å²) in [4.78, 5) is 30.8. The second-order valence-corrected chi connectivity index (χ2v) is 10.1. The van der Waals surface area contributed by atoms with Crippen LogP contribution in [0.3, 0.4) is 0 Å². The normalized spacial score (nSPS) is 15.5. The Morgan fingerprint density at radius 1 is 1.27 bits per heavy atom. The van der Waals surface area contributed by atoms with Crippen molar-refractivity contribution >= 4 is 23.3 Å². The number of fused-ring (bicyclic) bond motifs is 1. The number of nitrogens with one attached hydrogen (secondary N) is 1. The molecule has 0 aliphatic carbocycles. The van der Waals surface area contributed by atoms with Gasteiger partial charge in [0, 0.05) is 30.1 Å². The zero-order valence-corrected chi connectivity index (χ0v) is 20.7. The molecule has 2 heterocycles. The van der Waals surface area contributed by atoms with Crippen molar-refractivity contribution < 1.29 is 18.7 Å². The molecule has 1 aromatic heterocycles. The van der Waals surface area contributed by atoms with Crippen LogP contribution in [0.4, 0.5) is 9.18 Å². The Hall–Kier alpha value is -2.61. The predicted octanol–water partition coefficient (Wildman–Crippen LogP) is 4.86. The van der Waals surface area contributed by atoms with Crippen molar-refractivity contribution in [2.75, 3.05) is 26.2 Å². The van der Waals surface area contributed by atoms with Gasteiger partial charge in [0.05, 0.1) is 6.04 Å². The topological polar surface area (TPSA) is 61.9 Å². The Bertz CT molecular complexity index is 946. The van der Waals surface area contributed by atoms with Crippen LogP contribution in [-0.4, -0.2) is 54.0 Å². The number of carbonyl (C=O) groups is 2. The summed E-state index contributed by atoms with van der Waals surface area (Å²) in [6.45, 7) is 9.33. The molecular formula is C25H34FN3O3S. The van der Waals surface area contributed by atoms with E-state index in [1.165, 1.54) is 17.0 Å². The Balaban J connectivity index is 1.75. The summed E-state index contributed by atoms with van der Waals surface area (Å²) in [5.41, 5.74) is 1.07. The first-order valence-corrected chi connectivity index (χ1v) is 12.4. The molecular weight excluding hydrogens is 441 g/mol. The lowest BCUT2D eigenvalue weighted by molar-refractivity contribution is -0.135. The molecule has 2 aromatic rings. The number of ether oxygens (including phenoxy) is 1. The highest BCUT2D eigenvalue weighted by molar-refractivity contribution is 7.10. The number of carbonyl (C=O) groups excluding carboxylic acids is 2. The predicted molar refractivity (Wildman–Crippen MR) is 129 cm³/mol. The van der Waals surface area contributed by atoms with E-state index in [-0.39, 0.29) is 43.0 Å². The van der Waals surface area contributed by atoms with Gasteiger partial charge in [0.2, 0.25) is 5.91 Å². The standard InChI is InChI=1S/C25H34FN3O3S/c1-17(2)8-11-28(25(31)27-18(3)4)15-24(30)29-12-9-23-21(10-13-33-23)22(29)16-32-20-7-5-6-19(26)14-20/h5-7,10,13-14,17-18,22H,8-9,11-12,15-16H2,1-4H3,(H,27,31)/t22-/m0/s1. The van der Waals surface area contributed by atoms with E-state index in [2.05, 4.69) is 19.2 Å². The van der Waals surface area contributed by atoms with Gasteiger partial charge in [-0.3, -0.25) is 4.79 Å². The zero-order chi connectivity index (χ0) is 24.0. The molecule has 0 spiro atoms. The van der Waals surface area contributed by atoms with E-state index in [4.69, 9.17) is 4.74 Å². The monoisotopic (exact) mass is 475 g/mol. The van der Waals surface area contributed by atoms with Crippen molar-refractivity contribution in [3.63, 3.8) is 0 Å². The molecule has 3 rings (SSSR count). The molecule has 1 N–H and O–H groups in total. The van der Waals surface area contributed by atoms with Crippen molar-refractivity contribution in [3.05, 3.63) is 52.0 Å². The number of hydrogen-bond acceptors (Lipinski definition) is 4. The van der Waals surface area contributed by atoms with Crippen LogP contribution in [-0.2, 0) is 11.2 Å².